The molecule has 0 aliphatic heterocycles. The van der Waals surface area contributed by atoms with Crippen molar-refractivity contribution in [3.05, 3.63) is 55.1 Å². The quantitative estimate of drug-likeness (QED) is 0.866. The van der Waals surface area contributed by atoms with E-state index in [0.29, 0.717) is 0 Å². The van der Waals surface area contributed by atoms with E-state index in [-0.39, 0.29) is 6.04 Å². The van der Waals surface area contributed by atoms with Crippen molar-refractivity contribution >= 4 is 38.9 Å². The molecule has 1 unspecified atom stereocenters. The molecule has 0 amide bonds. The number of nitrogens with two attached hydrogens (primary N) is 1. The second-order valence-corrected chi connectivity index (χ2v) is 6.29. The number of benzene rings is 1. The minimum atomic E-state index is 0.0159. The maximum atomic E-state index is 6.25. The van der Waals surface area contributed by atoms with E-state index in [1.165, 1.54) is 4.88 Å². The van der Waals surface area contributed by atoms with Gasteiger partial charge in [0.25, 0.3) is 0 Å². The minimum absolute atomic E-state index is 0.0159. The standard InChI is InChI=1S/C13H13BrClNS/c1-8-6-9(15)2-3-10(8)12(16)7-13-11(14)4-5-17-13/h2-6,12H,7,16H2,1H3. The van der Waals surface area contributed by atoms with Crippen LogP contribution < -0.4 is 5.73 Å². The first-order valence-corrected chi connectivity index (χ1v) is 7.36. The molecule has 0 aliphatic rings. The third-order valence-electron chi connectivity index (χ3n) is 2.73. The lowest BCUT2D eigenvalue weighted by Gasteiger charge is -2.14. The van der Waals surface area contributed by atoms with Crippen molar-refractivity contribution in [2.75, 3.05) is 0 Å². The molecule has 17 heavy (non-hydrogen) atoms. The number of rotatable bonds is 3. The Hall–Kier alpha value is -0.350. The number of halogens is 2. The molecule has 2 aromatic rings. The number of hydrogen-bond donors (Lipinski definition) is 1. The van der Waals surface area contributed by atoms with Gasteiger partial charge in [0.1, 0.15) is 0 Å². The molecule has 1 atom stereocenters. The molecule has 4 heteroatoms. The molecule has 90 valence electrons. The average molecular weight is 331 g/mol. The van der Waals surface area contributed by atoms with Gasteiger partial charge in [-0.25, -0.2) is 0 Å². The van der Waals surface area contributed by atoms with Crippen molar-refractivity contribution in [3.63, 3.8) is 0 Å². The first-order chi connectivity index (χ1) is 8.08. The molecule has 0 aliphatic carbocycles. The van der Waals surface area contributed by atoms with Crippen LogP contribution in [0.15, 0.2) is 34.1 Å². The maximum absolute atomic E-state index is 6.25. The summed E-state index contributed by atoms with van der Waals surface area (Å²) >= 11 is 11.2. The zero-order valence-electron chi connectivity index (χ0n) is 9.41. The Morgan fingerprint density at radius 1 is 1.41 bits per heavy atom. The minimum Gasteiger partial charge on any atom is -0.324 e. The zero-order chi connectivity index (χ0) is 12.4. The van der Waals surface area contributed by atoms with E-state index < -0.39 is 0 Å². The van der Waals surface area contributed by atoms with Gasteiger partial charge in [0.2, 0.25) is 0 Å². The van der Waals surface area contributed by atoms with Gasteiger partial charge in [0.05, 0.1) is 0 Å². The Labute approximate surface area is 119 Å². The summed E-state index contributed by atoms with van der Waals surface area (Å²) in [6, 6.07) is 7.95. The van der Waals surface area contributed by atoms with E-state index in [9.17, 15) is 0 Å². The van der Waals surface area contributed by atoms with Crippen LogP contribution in [0.5, 0.6) is 0 Å². The molecule has 0 radical (unpaired) electrons. The van der Waals surface area contributed by atoms with Crippen LogP contribution in [0.4, 0.5) is 0 Å². The number of hydrogen-bond acceptors (Lipinski definition) is 2. The zero-order valence-corrected chi connectivity index (χ0v) is 12.6. The van der Waals surface area contributed by atoms with E-state index >= 15 is 0 Å². The highest BCUT2D eigenvalue weighted by Gasteiger charge is 2.12. The van der Waals surface area contributed by atoms with Gasteiger partial charge in [-0.05, 0) is 57.6 Å². The lowest BCUT2D eigenvalue weighted by molar-refractivity contribution is 0.723. The SMILES string of the molecule is Cc1cc(Cl)ccc1C(N)Cc1sccc1Br. The average Bonchev–Trinajstić information content (AvgIpc) is 2.64. The molecule has 1 heterocycles. The number of aryl methyl sites for hydroxylation is 1. The maximum Gasteiger partial charge on any atom is 0.0408 e. The van der Waals surface area contributed by atoms with Crippen molar-refractivity contribution < 1.29 is 0 Å². The van der Waals surface area contributed by atoms with E-state index in [1.54, 1.807) is 11.3 Å². The van der Waals surface area contributed by atoms with E-state index in [1.807, 2.05) is 25.1 Å². The van der Waals surface area contributed by atoms with E-state index in [4.69, 9.17) is 17.3 Å². The molecule has 1 aromatic heterocycles. The Morgan fingerprint density at radius 3 is 2.76 bits per heavy atom. The summed E-state index contributed by atoms with van der Waals surface area (Å²) in [5.74, 6) is 0. The summed E-state index contributed by atoms with van der Waals surface area (Å²) in [7, 11) is 0. The molecule has 0 spiro atoms. The summed E-state index contributed by atoms with van der Waals surface area (Å²) in [5, 5.41) is 2.83. The van der Waals surface area contributed by atoms with Crippen molar-refractivity contribution in [1.82, 2.24) is 0 Å². The normalized spacial score (nSPS) is 12.7. The van der Waals surface area contributed by atoms with Gasteiger partial charge in [0, 0.05) is 26.8 Å². The molecule has 0 bridgehead atoms. The molecular formula is C13H13BrClNS. The molecule has 1 nitrogen and oxygen atoms in total. The second-order valence-electron chi connectivity index (χ2n) is 4.00. The summed E-state index contributed by atoms with van der Waals surface area (Å²) in [5.41, 5.74) is 8.56. The van der Waals surface area contributed by atoms with Gasteiger partial charge in [-0.15, -0.1) is 11.3 Å². The lowest BCUT2D eigenvalue weighted by Crippen LogP contribution is -2.14. The second kappa shape index (κ2) is 5.53. The highest BCUT2D eigenvalue weighted by atomic mass is 79.9. The molecule has 0 saturated heterocycles. The van der Waals surface area contributed by atoms with Crippen molar-refractivity contribution in [3.8, 4) is 0 Å². The molecule has 1 aromatic carbocycles. The monoisotopic (exact) mass is 329 g/mol. The van der Waals surface area contributed by atoms with Gasteiger partial charge in [-0.3, -0.25) is 0 Å². The largest absolute Gasteiger partial charge is 0.324 e. The number of thiophene rings is 1. The van der Waals surface area contributed by atoms with Gasteiger partial charge in [-0.1, -0.05) is 17.7 Å². The molecule has 2 N–H and O–H groups in total. The first-order valence-electron chi connectivity index (χ1n) is 5.31. The highest BCUT2D eigenvalue weighted by Crippen LogP contribution is 2.29. The van der Waals surface area contributed by atoms with Crippen LogP contribution in [0.3, 0.4) is 0 Å². The third kappa shape index (κ3) is 3.10. The van der Waals surface area contributed by atoms with Crippen LogP contribution in [0.25, 0.3) is 0 Å². The summed E-state index contributed by atoms with van der Waals surface area (Å²) in [4.78, 5) is 1.28. The topological polar surface area (TPSA) is 26.0 Å². The Bertz CT molecular complexity index is 524. The smallest absolute Gasteiger partial charge is 0.0408 e. The van der Waals surface area contributed by atoms with Crippen LogP contribution in [0, 0.1) is 6.92 Å². The van der Waals surface area contributed by atoms with Crippen molar-refractivity contribution in [2.24, 2.45) is 5.73 Å². The van der Waals surface area contributed by atoms with Gasteiger partial charge >= 0.3 is 0 Å². The molecule has 2 rings (SSSR count). The fraction of sp³-hybridized carbons (Fsp3) is 0.231. The van der Waals surface area contributed by atoms with Gasteiger partial charge in [-0.2, -0.15) is 0 Å². The van der Waals surface area contributed by atoms with Crippen molar-refractivity contribution in [2.45, 2.75) is 19.4 Å². The predicted molar refractivity (Wildman–Crippen MR) is 78.8 cm³/mol. The van der Waals surface area contributed by atoms with Gasteiger partial charge < -0.3 is 5.73 Å². The third-order valence-corrected chi connectivity index (χ3v) is 4.91. The fourth-order valence-corrected chi connectivity index (χ4v) is 3.64. The Kier molecular flexibility index (Phi) is 4.26. The molecule has 0 saturated carbocycles. The molecule has 0 fully saturated rings. The van der Waals surface area contributed by atoms with E-state index in [0.717, 1.165) is 27.0 Å². The predicted octanol–water partition coefficient (Wildman–Crippen LogP) is 4.71. The van der Waals surface area contributed by atoms with Crippen LogP contribution >= 0.6 is 38.9 Å². The summed E-state index contributed by atoms with van der Waals surface area (Å²) in [6.45, 7) is 2.05. The fourth-order valence-electron chi connectivity index (χ4n) is 1.84. The lowest BCUT2D eigenvalue weighted by atomic mass is 9.99. The van der Waals surface area contributed by atoms with Crippen LogP contribution in [-0.2, 0) is 6.42 Å². The summed E-state index contributed by atoms with van der Waals surface area (Å²) < 4.78 is 1.14. The van der Waals surface area contributed by atoms with Crippen molar-refractivity contribution in [1.29, 1.82) is 0 Å². The Morgan fingerprint density at radius 2 is 2.18 bits per heavy atom. The van der Waals surface area contributed by atoms with Crippen LogP contribution in [0.2, 0.25) is 5.02 Å². The highest BCUT2D eigenvalue weighted by molar-refractivity contribution is 9.10. The Balaban J connectivity index is 2.20. The summed E-state index contributed by atoms with van der Waals surface area (Å²) in [6.07, 6.45) is 0.848. The van der Waals surface area contributed by atoms with E-state index in [2.05, 4.69) is 27.4 Å². The first kappa shape index (κ1) is 13.1. The molecular weight excluding hydrogens is 318 g/mol. The van der Waals surface area contributed by atoms with Crippen LogP contribution in [-0.4, -0.2) is 0 Å². The van der Waals surface area contributed by atoms with Crippen LogP contribution in [0.1, 0.15) is 22.0 Å². The van der Waals surface area contributed by atoms with Gasteiger partial charge in [0.15, 0.2) is 0 Å².